The van der Waals surface area contributed by atoms with Crippen molar-refractivity contribution in [2.45, 2.75) is 18.5 Å². The summed E-state index contributed by atoms with van der Waals surface area (Å²) in [5, 5.41) is 0.556. The minimum atomic E-state index is -1.58. The monoisotopic (exact) mass is 198 g/mol. The Kier molecular flexibility index (Phi) is 1.88. The molecule has 0 bridgehead atoms. The van der Waals surface area contributed by atoms with E-state index in [1.807, 2.05) is 0 Å². The second kappa shape index (κ2) is 2.81. The molecule has 0 radical (unpaired) electrons. The Morgan fingerprint density at radius 1 is 1.31 bits per heavy atom. The average Bonchev–Trinajstić information content (AvgIpc) is 2.85. The van der Waals surface area contributed by atoms with Crippen LogP contribution in [0.5, 0.6) is 0 Å². The molecule has 2 rings (SSSR count). The summed E-state index contributed by atoms with van der Waals surface area (Å²) < 4.78 is 13.3. The Balaban J connectivity index is 2.26. The van der Waals surface area contributed by atoms with Gasteiger partial charge in [-0.2, -0.15) is 0 Å². The standard InChI is InChI=1S/C10H8ClFO/c11-8-3-1-7(2-4-8)9(13)10(12)5-6-10/h1-4H,5-6H2. The summed E-state index contributed by atoms with van der Waals surface area (Å²) >= 11 is 5.64. The van der Waals surface area contributed by atoms with Crippen molar-refractivity contribution in [1.82, 2.24) is 0 Å². The lowest BCUT2D eigenvalue weighted by Gasteiger charge is -2.03. The van der Waals surface area contributed by atoms with Gasteiger partial charge in [0.1, 0.15) is 0 Å². The smallest absolute Gasteiger partial charge is 0.199 e. The van der Waals surface area contributed by atoms with Crippen LogP contribution in [0, 0.1) is 0 Å². The topological polar surface area (TPSA) is 17.1 Å². The molecule has 0 atom stereocenters. The molecule has 1 aliphatic rings. The van der Waals surface area contributed by atoms with E-state index < -0.39 is 11.5 Å². The highest BCUT2D eigenvalue weighted by atomic mass is 35.5. The molecule has 1 aliphatic carbocycles. The van der Waals surface area contributed by atoms with Crippen LogP contribution < -0.4 is 0 Å². The number of halogens is 2. The molecule has 1 nitrogen and oxygen atoms in total. The van der Waals surface area contributed by atoms with E-state index in [0.29, 0.717) is 23.4 Å². The summed E-state index contributed by atoms with van der Waals surface area (Å²) in [6.07, 6.45) is 0.711. The van der Waals surface area contributed by atoms with Crippen LogP contribution in [-0.2, 0) is 0 Å². The van der Waals surface area contributed by atoms with Crippen molar-refractivity contribution in [2.75, 3.05) is 0 Å². The first kappa shape index (κ1) is 8.70. The van der Waals surface area contributed by atoms with E-state index in [-0.39, 0.29) is 0 Å². The first-order valence-electron chi connectivity index (χ1n) is 4.11. The first-order chi connectivity index (χ1) is 6.12. The molecular weight excluding hydrogens is 191 g/mol. The number of ketones is 1. The fourth-order valence-corrected chi connectivity index (χ4v) is 1.32. The zero-order valence-electron chi connectivity index (χ0n) is 6.89. The van der Waals surface area contributed by atoms with Gasteiger partial charge in [-0.1, -0.05) is 11.6 Å². The van der Waals surface area contributed by atoms with Crippen molar-refractivity contribution >= 4 is 17.4 Å². The molecule has 1 saturated carbocycles. The van der Waals surface area contributed by atoms with Gasteiger partial charge in [0, 0.05) is 10.6 Å². The van der Waals surface area contributed by atoms with Crippen LogP contribution in [0.1, 0.15) is 23.2 Å². The Hall–Kier alpha value is -0.890. The Morgan fingerprint density at radius 3 is 2.31 bits per heavy atom. The van der Waals surface area contributed by atoms with E-state index in [1.54, 1.807) is 24.3 Å². The third-order valence-corrected chi connectivity index (χ3v) is 2.45. The molecule has 1 aromatic carbocycles. The SMILES string of the molecule is O=C(c1ccc(Cl)cc1)C1(F)CC1. The zero-order chi connectivity index (χ0) is 9.47. The Labute approximate surface area is 80.5 Å². The van der Waals surface area contributed by atoms with Gasteiger partial charge in [-0.05, 0) is 37.1 Å². The summed E-state index contributed by atoms with van der Waals surface area (Å²) in [6.45, 7) is 0. The maximum Gasteiger partial charge on any atom is 0.199 e. The van der Waals surface area contributed by atoms with Gasteiger partial charge in [0.25, 0.3) is 0 Å². The average molecular weight is 199 g/mol. The van der Waals surface area contributed by atoms with Crippen LogP contribution in [0.4, 0.5) is 4.39 Å². The highest BCUT2D eigenvalue weighted by Gasteiger charge is 2.50. The highest BCUT2D eigenvalue weighted by molar-refractivity contribution is 6.30. The maximum absolute atomic E-state index is 13.3. The van der Waals surface area contributed by atoms with Gasteiger partial charge in [-0.15, -0.1) is 0 Å². The number of Topliss-reactive ketones (excluding diaryl/α,β-unsaturated/α-hetero) is 1. The van der Waals surface area contributed by atoms with E-state index >= 15 is 0 Å². The van der Waals surface area contributed by atoms with E-state index in [1.165, 1.54) is 0 Å². The molecule has 0 unspecified atom stereocenters. The van der Waals surface area contributed by atoms with Gasteiger partial charge in [0.15, 0.2) is 11.5 Å². The van der Waals surface area contributed by atoms with Crippen LogP contribution >= 0.6 is 11.6 Å². The largest absolute Gasteiger partial charge is 0.291 e. The predicted molar refractivity (Wildman–Crippen MR) is 48.9 cm³/mol. The van der Waals surface area contributed by atoms with Gasteiger partial charge in [0.05, 0.1) is 0 Å². The minimum absolute atomic E-state index is 0.356. The van der Waals surface area contributed by atoms with Gasteiger partial charge in [-0.3, -0.25) is 4.79 Å². The minimum Gasteiger partial charge on any atom is -0.291 e. The molecular formula is C10H8ClFO. The van der Waals surface area contributed by atoms with E-state index in [9.17, 15) is 9.18 Å². The zero-order valence-corrected chi connectivity index (χ0v) is 7.64. The summed E-state index contributed by atoms with van der Waals surface area (Å²) in [4.78, 5) is 11.4. The van der Waals surface area contributed by atoms with Crippen LogP contribution in [0.25, 0.3) is 0 Å². The molecule has 68 valence electrons. The third kappa shape index (κ3) is 1.59. The number of benzene rings is 1. The number of carbonyl (C=O) groups is 1. The lowest BCUT2D eigenvalue weighted by molar-refractivity contribution is 0.0850. The molecule has 3 heteroatoms. The van der Waals surface area contributed by atoms with Gasteiger partial charge in [0.2, 0.25) is 0 Å². The van der Waals surface area contributed by atoms with Gasteiger partial charge >= 0.3 is 0 Å². The second-order valence-electron chi connectivity index (χ2n) is 3.30. The Morgan fingerprint density at radius 2 is 1.85 bits per heavy atom. The van der Waals surface area contributed by atoms with Crippen molar-refractivity contribution in [3.05, 3.63) is 34.9 Å². The number of hydrogen-bond donors (Lipinski definition) is 0. The normalized spacial score (nSPS) is 18.3. The lowest BCUT2D eigenvalue weighted by atomic mass is 10.1. The molecule has 0 heterocycles. The highest BCUT2D eigenvalue weighted by Crippen LogP contribution is 2.42. The number of carbonyl (C=O) groups excluding carboxylic acids is 1. The molecule has 0 amide bonds. The molecule has 0 aromatic heterocycles. The number of hydrogen-bond acceptors (Lipinski definition) is 1. The molecule has 1 aromatic rings. The van der Waals surface area contributed by atoms with E-state index in [0.717, 1.165) is 0 Å². The second-order valence-corrected chi connectivity index (χ2v) is 3.74. The molecule has 0 N–H and O–H groups in total. The predicted octanol–water partition coefficient (Wildman–Crippen LogP) is 3.02. The van der Waals surface area contributed by atoms with Crippen molar-refractivity contribution in [3.8, 4) is 0 Å². The van der Waals surface area contributed by atoms with E-state index in [4.69, 9.17) is 11.6 Å². The fraction of sp³-hybridized carbons (Fsp3) is 0.300. The summed E-state index contributed by atoms with van der Waals surface area (Å²) in [7, 11) is 0. The van der Waals surface area contributed by atoms with Crippen LogP contribution in [0.15, 0.2) is 24.3 Å². The van der Waals surface area contributed by atoms with Gasteiger partial charge in [-0.25, -0.2) is 4.39 Å². The molecule has 1 fully saturated rings. The summed E-state index contributed by atoms with van der Waals surface area (Å²) in [5.41, 5.74) is -1.17. The van der Waals surface area contributed by atoms with Crippen LogP contribution in [0.3, 0.4) is 0 Å². The Bertz CT molecular complexity index is 340. The quantitative estimate of drug-likeness (QED) is 0.668. The first-order valence-corrected chi connectivity index (χ1v) is 4.49. The van der Waals surface area contributed by atoms with Crippen LogP contribution in [0.2, 0.25) is 5.02 Å². The maximum atomic E-state index is 13.3. The number of alkyl halides is 1. The number of rotatable bonds is 2. The van der Waals surface area contributed by atoms with Crippen LogP contribution in [-0.4, -0.2) is 11.5 Å². The third-order valence-electron chi connectivity index (χ3n) is 2.20. The lowest BCUT2D eigenvalue weighted by Crippen LogP contribution is -2.16. The fourth-order valence-electron chi connectivity index (χ4n) is 1.20. The van der Waals surface area contributed by atoms with Crippen molar-refractivity contribution in [2.24, 2.45) is 0 Å². The molecule has 0 spiro atoms. The van der Waals surface area contributed by atoms with E-state index in [2.05, 4.69) is 0 Å². The molecule has 0 saturated heterocycles. The molecule has 13 heavy (non-hydrogen) atoms. The summed E-state index contributed by atoms with van der Waals surface area (Å²) in [5.74, 6) is -0.413. The van der Waals surface area contributed by atoms with Gasteiger partial charge < -0.3 is 0 Å². The molecule has 0 aliphatic heterocycles. The van der Waals surface area contributed by atoms with Crippen molar-refractivity contribution in [1.29, 1.82) is 0 Å². The van der Waals surface area contributed by atoms with Crippen molar-refractivity contribution in [3.63, 3.8) is 0 Å². The summed E-state index contributed by atoms with van der Waals surface area (Å²) in [6, 6.07) is 6.32. The van der Waals surface area contributed by atoms with Crippen molar-refractivity contribution < 1.29 is 9.18 Å².